The largest absolute Gasteiger partial charge is 0.454 e. The highest BCUT2D eigenvalue weighted by atomic mass is 16.7. The van der Waals surface area contributed by atoms with Crippen LogP contribution in [0.5, 0.6) is 11.5 Å². The monoisotopic (exact) mass is 416 g/mol. The average Bonchev–Trinajstić information content (AvgIpc) is 3.20. The van der Waals surface area contributed by atoms with E-state index in [1.54, 1.807) is 0 Å². The minimum Gasteiger partial charge on any atom is -0.454 e. The summed E-state index contributed by atoms with van der Waals surface area (Å²) in [6.45, 7) is 5.72. The van der Waals surface area contributed by atoms with Crippen LogP contribution in [0.25, 0.3) is 0 Å². The molecule has 8 nitrogen and oxygen atoms in total. The molecule has 8 heteroatoms. The Hall–Kier alpha value is -2.32. The van der Waals surface area contributed by atoms with E-state index in [-0.39, 0.29) is 11.9 Å². The predicted octanol–water partition coefficient (Wildman–Crippen LogP) is -0.699. The maximum Gasteiger partial charge on any atom is 0.329 e. The summed E-state index contributed by atoms with van der Waals surface area (Å²) in [7, 11) is 0. The number of benzene rings is 1. The van der Waals surface area contributed by atoms with Crippen molar-refractivity contribution in [1.82, 2.24) is 10.2 Å². The van der Waals surface area contributed by atoms with Gasteiger partial charge >= 0.3 is 6.03 Å². The van der Waals surface area contributed by atoms with Crippen molar-refractivity contribution in [1.29, 1.82) is 0 Å². The lowest BCUT2D eigenvalue weighted by Gasteiger charge is -2.31. The van der Waals surface area contributed by atoms with Gasteiger partial charge in [0, 0.05) is 5.56 Å². The van der Waals surface area contributed by atoms with Crippen molar-refractivity contribution in [3.8, 4) is 11.5 Å². The predicted molar refractivity (Wildman–Crippen MR) is 108 cm³/mol. The molecule has 0 atom stereocenters. The SMILES string of the molecule is O=C1NC2(CCCCCC2)C(=O)N1C[NH+]1CC[NH+](Cc2ccc3c(c2)OCO3)CC1. The third-order valence-electron chi connectivity index (χ3n) is 7.14. The molecule has 0 bridgehead atoms. The first-order chi connectivity index (χ1) is 14.6. The summed E-state index contributed by atoms with van der Waals surface area (Å²) in [6, 6.07) is 5.98. The van der Waals surface area contributed by atoms with Gasteiger partial charge < -0.3 is 24.6 Å². The van der Waals surface area contributed by atoms with Gasteiger partial charge in [-0.3, -0.25) is 4.79 Å². The molecule has 0 radical (unpaired) electrons. The number of ether oxygens (including phenoxy) is 2. The molecule has 30 heavy (non-hydrogen) atoms. The van der Waals surface area contributed by atoms with E-state index in [4.69, 9.17) is 9.47 Å². The number of urea groups is 1. The molecule has 4 aliphatic rings. The lowest BCUT2D eigenvalue weighted by atomic mass is 9.90. The van der Waals surface area contributed by atoms with E-state index in [1.165, 1.54) is 20.3 Å². The van der Waals surface area contributed by atoms with Crippen LogP contribution in [-0.2, 0) is 11.3 Å². The molecule has 1 aromatic carbocycles. The summed E-state index contributed by atoms with van der Waals surface area (Å²) in [5, 5.41) is 3.06. The maximum absolute atomic E-state index is 13.1. The van der Waals surface area contributed by atoms with Crippen molar-refractivity contribution >= 4 is 11.9 Å². The van der Waals surface area contributed by atoms with E-state index in [1.807, 2.05) is 6.07 Å². The Kier molecular flexibility index (Phi) is 5.28. The zero-order chi connectivity index (χ0) is 20.6. The van der Waals surface area contributed by atoms with Crippen molar-refractivity contribution in [3.63, 3.8) is 0 Å². The molecule has 1 aromatic rings. The highest BCUT2D eigenvalue weighted by Crippen LogP contribution is 2.33. The second-order valence-electron chi connectivity index (χ2n) is 9.18. The molecule has 5 rings (SSSR count). The molecule has 0 aromatic heterocycles. The highest BCUT2D eigenvalue weighted by Gasteiger charge is 2.51. The van der Waals surface area contributed by atoms with Crippen molar-refractivity contribution in [3.05, 3.63) is 23.8 Å². The Labute approximate surface area is 177 Å². The fourth-order valence-electron chi connectivity index (χ4n) is 5.35. The molecular formula is C22H32N4O4+2. The molecule has 0 unspecified atom stereocenters. The van der Waals surface area contributed by atoms with Crippen LogP contribution < -0.4 is 24.6 Å². The molecule has 1 aliphatic carbocycles. The van der Waals surface area contributed by atoms with Crippen molar-refractivity contribution < 1.29 is 28.9 Å². The summed E-state index contributed by atoms with van der Waals surface area (Å²) in [6.07, 6.45) is 5.94. The third kappa shape index (κ3) is 3.74. The molecule has 3 heterocycles. The standard InChI is InChI=1S/C22H30N4O4/c27-20-22(7-3-1-2-4-8-22)23-21(28)26(20)15-25-11-9-24(10-12-25)14-17-5-6-18-19(13-17)30-16-29-18/h5-6,13H,1-4,7-12,14-16H2,(H,23,28)/p+2. The molecule has 3 fully saturated rings. The van der Waals surface area contributed by atoms with Gasteiger partial charge in [-0.15, -0.1) is 0 Å². The number of hydrogen-bond acceptors (Lipinski definition) is 4. The first-order valence-electron chi connectivity index (χ1n) is 11.3. The lowest BCUT2D eigenvalue weighted by Crippen LogP contribution is -3.28. The van der Waals surface area contributed by atoms with Crippen LogP contribution in [-0.4, -0.2) is 62.0 Å². The second-order valence-corrected chi connectivity index (χ2v) is 9.18. The van der Waals surface area contributed by atoms with Gasteiger partial charge in [-0.25, -0.2) is 9.69 Å². The topological polar surface area (TPSA) is 76.8 Å². The van der Waals surface area contributed by atoms with E-state index < -0.39 is 5.54 Å². The Bertz CT molecular complexity index is 813. The molecule has 1 spiro atoms. The number of carbonyl (C=O) groups excluding carboxylic acids is 2. The molecular weight excluding hydrogens is 384 g/mol. The van der Waals surface area contributed by atoms with E-state index in [0.717, 1.165) is 82.7 Å². The van der Waals surface area contributed by atoms with Gasteiger partial charge in [-0.2, -0.15) is 0 Å². The van der Waals surface area contributed by atoms with E-state index >= 15 is 0 Å². The number of imide groups is 1. The van der Waals surface area contributed by atoms with Gasteiger partial charge in [0.2, 0.25) is 6.79 Å². The summed E-state index contributed by atoms with van der Waals surface area (Å²) in [5.41, 5.74) is 0.626. The Balaban J connectivity index is 1.14. The van der Waals surface area contributed by atoms with Crippen LogP contribution in [0, 0.1) is 0 Å². The zero-order valence-corrected chi connectivity index (χ0v) is 17.5. The van der Waals surface area contributed by atoms with Crippen LogP contribution in [0.15, 0.2) is 18.2 Å². The minimum atomic E-state index is -0.626. The van der Waals surface area contributed by atoms with Crippen LogP contribution in [0.3, 0.4) is 0 Å². The van der Waals surface area contributed by atoms with Crippen molar-refractivity contribution in [2.75, 3.05) is 39.6 Å². The smallest absolute Gasteiger partial charge is 0.329 e. The number of carbonyl (C=O) groups is 2. The molecule has 3 amide bonds. The number of hydrogen-bond donors (Lipinski definition) is 3. The van der Waals surface area contributed by atoms with Gasteiger partial charge in [-0.1, -0.05) is 25.7 Å². The fraction of sp³-hybridized carbons (Fsp3) is 0.636. The van der Waals surface area contributed by atoms with Gasteiger partial charge in [0.1, 0.15) is 38.3 Å². The summed E-state index contributed by atoms with van der Waals surface area (Å²) < 4.78 is 10.9. The van der Waals surface area contributed by atoms with E-state index in [2.05, 4.69) is 17.4 Å². The average molecular weight is 417 g/mol. The van der Waals surface area contributed by atoms with Crippen LogP contribution in [0.2, 0.25) is 0 Å². The highest BCUT2D eigenvalue weighted by molar-refractivity contribution is 6.06. The van der Waals surface area contributed by atoms with Gasteiger partial charge in [0.05, 0.1) is 0 Å². The molecule has 2 saturated heterocycles. The number of fused-ring (bicyclic) bond motifs is 1. The number of rotatable bonds is 4. The normalized spacial score (nSPS) is 27.9. The van der Waals surface area contributed by atoms with Crippen LogP contribution in [0.4, 0.5) is 4.79 Å². The molecule has 3 aliphatic heterocycles. The Morgan fingerprint density at radius 3 is 2.40 bits per heavy atom. The summed E-state index contributed by atoms with van der Waals surface area (Å²) in [4.78, 5) is 30.0. The second kappa shape index (κ2) is 8.07. The quantitative estimate of drug-likeness (QED) is 0.568. The number of quaternary nitrogens is 2. The molecule has 1 saturated carbocycles. The summed E-state index contributed by atoms with van der Waals surface area (Å²) in [5.74, 6) is 1.67. The molecule has 3 N–H and O–H groups in total. The minimum absolute atomic E-state index is 0.0111. The number of piperazine rings is 1. The first-order valence-corrected chi connectivity index (χ1v) is 11.3. The van der Waals surface area contributed by atoms with Crippen molar-refractivity contribution in [2.45, 2.75) is 50.6 Å². The van der Waals surface area contributed by atoms with E-state index in [9.17, 15) is 9.59 Å². The Morgan fingerprint density at radius 2 is 1.63 bits per heavy atom. The fourth-order valence-corrected chi connectivity index (χ4v) is 5.35. The number of amides is 3. The van der Waals surface area contributed by atoms with Gasteiger partial charge in [-0.05, 0) is 31.0 Å². The van der Waals surface area contributed by atoms with Gasteiger partial charge in [0.25, 0.3) is 5.91 Å². The van der Waals surface area contributed by atoms with Crippen molar-refractivity contribution in [2.24, 2.45) is 0 Å². The van der Waals surface area contributed by atoms with Crippen LogP contribution >= 0.6 is 0 Å². The maximum atomic E-state index is 13.1. The zero-order valence-electron chi connectivity index (χ0n) is 17.5. The van der Waals surface area contributed by atoms with E-state index in [0.29, 0.717) is 13.5 Å². The van der Waals surface area contributed by atoms with Gasteiger partial charge in [0.15, 0.2) is 18.2 Å². The third-order valence-corrected chi connectivity index (χ3v) is 7.14. The Morgan fingerprint density at radius 1 is 0.933 bits per heavy atom. The first kappa shape index (κ1) is 19.6. The molecule has 162 valence electrons. The van der Waals surface area contributed by atoms with Crippen LogP contribution in [0.1, 0.15) is 44.1 Å². The lowest BCUT2D eigenvalue weighted by molar-refractivity contribution is -1.02. The number of nitrogens with zero attached hydrogens (tertiary/aromatic N) is 1. The number of nitrogens with one attached hydrogen (secondary N) is 3. The summed E-state index contributed by atoms with van der Waals surface area (Å²) >= 11 is 0.